The Labute approximate surface area is 128 Å². The number of aryl methyl sites for hydroxylation is 1. The third-order valence-corrected chi connectivity index (χ3v) is 4.61. The van der Waals surface area contributed by atoms with Crippen LogP contribution in [0.5, 0.6) is 0 Å². The molecule has 1 aromatic rings. The summed E-state index contributed by atoms with van der Waals surface area (Å²) in [6.07, 6.45) is 8.02. The summed E-state index contributed by atoms with van der Waals surface area (Å²) in [6, 6.07) is 8.31. The number of hydrogen-bond donors (Lipinski definition) is 2. The van der Waals surface area contributed by atoms with Gasteiger partial charge in [-0.1, -0.05) is 43.9 Å². The Kier molecular flexibility index (Phi) is 6.24. The molecule has 2 rings (SSSR count). The van der Waals surface area contributed by atoms with Crippen molar-refractivity contribution in [2.45, 2.75) is 58.4 Å². The Hall–Kier alpha value is -1.35. The minimum Gasteiger partial charge on any atom is -0.325 e. The molecule has 1 fully saturated rings. The number of nitrogens with one attached hydrogen (secondary N) is 2. The summed E-state index contributed by atoms with van der Waals surface area (Å²) in [6.45, 7) is 4.63. The van der Waals surface area contributed by atoms with Gasteiger partial charge in [0.05, 0.1) is 6.54 Å². The predicted molar refractivity (Wildman–Crippen MR) is 88.5 cm³/mol. The number of carbonyl (C=O) groups is 1. The third-order valence-electron chi connectivity index (χ3n) is 4.61. The second kappa shape index (κ2) is 8.18. The topological polar surface area (TPSA) is 41.1 Å². The van der Waals surface area contributed by atoms with Gasteiger partial charge in [-0.3, -0.25) is 4.79 Å². The molecule has 1 amide bonds. The van der Waals surface area contributed by atoms with E-state index in [4.69, 9.17) is 0 Å². The van der Waals surface area contributed by atoms with E-state index >= 15 is 0 Å². The van der Waals surface area contributed by atoms with Gasteiger partial charge in [-0.15, -0.1) is 0 Å². The SMILES string of the molecule is Cc1ccccc1NC(=O)CN[C@H](C)C1CCCCCC1. The standard InChI is InChI=1S/C18H28N2O/c1-14-9-7-8-12-17(14)20-18(21)13-19-15(2)16-10-5-3-4-6-11-16/h7-9,12,15-16,19H,3-6,10-11,13H2,1-2H3,(H,20,21)/t15-/m1/s1. The Morgan fingerprint density at radius 1 is 1.19 bits per heavy atom. The first-order valence-corrected chi connectivity index (χ1v) is 8.25. The molecule has 1 aliphatic carbocycles. The molecule has 2 N–H and O–H groups in total. The molecule has 3 nitrogen and oxygen atoms in total. The van der Waals surface area contributed by atoms with Gasteiger partial charge in [-0.2, -0.15) is 0 Å². The van der Waals surface area contributed by atoms with E-state index in [0.29, 0.717) is 12.6 Å². The zero-order chi connectivity index (χ0) is 15.1. The smallest absolute Gasteiger partial charge is 0.238 e. The summed E-state index contributed by atoms with van der Waals surface area (Å²) in [5.74, 6) is 0.767. The summed E-state index contributed by atoms with van der Waals surface area (Å²) in [5.41, 5.74) is 2.01. The lowest BCUT2D eigenvalue weighted by Gasteiger charge is -2.23. The van der Waals surface area contributed by atoms with Crippen LogP contribution in [0, 0.1) is 12.8 Å². The highest BCUT2D eigenvalue weighted by Crippen LogP contribution is 2.25. The molecule has 0 bridgehead atoms. The molecule has 1 saturated carbocycles. The number of amides is 1. The first-order valence-electron chi connectivity index (χ1n) is 8.25. The van der Waals surface area contributed by atoms with Crippen molar-refractivity contribution in [3.63, 3.8) is 0 Å². The summed E-state index contributed by atoms with van der Waals surface area (Å²) < 4.78 is 0. The fourth-order valence-electron chi connectivity index (χ4n) is 3.14. The van der Waals surface area contributed by atoms with Gasteiger partial charge in [0.1, 0.15) is 0 Å². The number of anilines is 1. The highest BCUT2D eigenvalue weighted by atomic mass is 16.1. The van der Waals surface area contributed by atoms with E-state index < -0.39 is 0 Å². The van der Waals surface area contributed by atoms with Gasteiger partial charge in [0.15, 0.2) is 0 Å². The first-order chi connectivity index (χ1) is 10.2. The molecule has 116 valence electrons. The molecule has 3 heteroatoms. The van der Waals surface area contributed by atoms with Crippen LogP contribution in [0.2, 0.25) is 0 Å². The second-order valence-corrected chi connectivity index (χ2v) is 6.28. The Morgan fingerprint density at radius 2 is 1.86 bits per heavy atom. The molecule has 0 radical (unpaired) electrons. The molecule has 0 saturated heterocycles. The third kappa shape index (κ3) is 5.16. The van der Waals surface area contributed by atoms with Crippen molar-refractivity contribution >= 4 is 11.6 Å². The number of carbonyl (C=O) groups excluding carboxylic acids is 1. The van der Waals surface area contributed by atoms with Crippen LogP contribution < -0.4 is 10.6 Å². The summed E-state index contributed by atoms with van der Waals surface area (Å²) in [5, 5.41) is 6.39. The molecule has 0 spiro atoms. The van der Waals surface area contributed by atoms with Crippen LogP contribution in [-0.4, -0.2) is 18.5 Å². The highest BCUT2D eigenvalue weighted by molar-refractivity contribution is 5.92. The monoisotopic (exact) mass is 288 g/mol. The van der Waals surface area contributed by atoms with Crippen molar-refractivity contribution in [3.8, 4) is 0 Å². The quantitative estimate of drug-likeness (QED) is 0.807. The van der Waals surface area contributed by atoms with Gasteiger partial charge in [-0.05, 0) is 44.2 Å². The molecule has 1 aromatic carbocycles. The minimum atomic E-state index is 0.0461. The fourth-order valence-corrected chi connectivity index (χ4v) is 3.14. The molecule has 1 aliphatic rings. The van der Waals surface area contributed by atoms with E-state index in [2.05, 4.69) is 17.6 Å². The van der Waals surface area contributed by atoms with Crippen LogP contribution in [-0.2, 0) is 4.79 Å². The molecule has 0 aromatic heterocycles. The van der Waals surface area contributed by atoms with Crippen LogP contribution in [0.15, 0.2) is 24.3 Å². The van der Waals surface area contributed by atoms with E-state index in [1.54, 1.807) is 0 Å². The van der Waals surface area contributed by atoms with Crippen molar-refractivity contribution in [2.75, 3.05) is 11.9 Å². The average molecular weight is 288 g/mol. The first kappa shape index (κ1) is 16.0. The number of hydrogen-bond acceptors (Lipinski definition) is 2. The maximum atomic E-state index is 12.0. The molecule has 0 aliphatic heterocycles. The van der Waals surface area contributed by atoms with Gasteiger partial charge < -0.3 is 10.6 Å². The maximum Gasteiger partial charge on any atom is 0.238 e. The number of para-hydroxylation sites is 1. The van der Waals surface area contributed by atoms with Crippen LogP contribution in [0.3, 0.4) is 0 Å². The van der Waals surface area contributed by atoms with Crippen molar-refractivity contribution < 1.29 is 4.79 Å². The minimum absolute atomic E-state index is 0.0461. The Bertz CT molecular complexity index is 450. The largest absolute Gasteiger partial charge is 0.325 e. The number of rotatable bonds is 5. The fraction of sp³-hybridized carbons (Fsp3) is 0.611. The average Bonchev–Trinajstić information content (AvgIpc) is 2.76. The van der Waals surface area contributed by atoms with Crippen molar-refractivity contribution in [1.82, 2.24) is 5.32 Å². The molecular formula is C18H28N2O. The summed E-state index contributed by atoms with van der Waals surface area (Å²) in [7, 11) is 0. The number of benzene rings is 1. The lowest BCUT2D eigenvalue weighted by molar-refractivity contribution is -0.115. The predicted octanol–water partition coefficient (Wildman–Crippen LogP) is 3.88. The van der Waals surface area contributed by atoms with Gasteiger partial charge in [0, 0.05) is 11.7 Å². The normalized spacial score (nSPS) is 18.0. The summed E-state index contributed by atoms with van der Waals surface area (Å²) >= 11 is 0. The highest BCUT2D eigenvalue weighted by Gasteiger charge is 2.19. The summed E-state index contributed by atoms with van der Waals surface area (Å²) in [4.78, 5) is 12.0. The Balaban J connectivity index is 1.76. The molecule has 0 heterocycles. The molecule has 0 unspecified atom stereocenters. The van der Waals surface area contributed by atoms with E-state index in [-0.39, 0.29) is 5.91 Å². The maximum absolute atomic E-state index is 12.0. The van der Waals surface area contributed by atoms with Gasteiger partial charge in [-0.25, -0.2) is 0 Å². The van der Waals surface area contributed by atoms with Crippen LogP contribution in [0.25, 0.3) is 0 Å². The zero-order valence-corrected chi connectivity index (χ0v) is 13.3. The van der Waals surface area contributed by atoms with Gasteiger partial charge >= 0.3 is 0 Å². The lowest BCUT2D eigenvalue weighted by atomic mass is 9.93. The van der Waals surface area contributed by atoms with Gasteiger partial charge in [0.2, 0.25) is 5.91 Å². The molecule has 21 heavy (non-hydrogen) atoms. The van der Waals surface area contributed by atoms with Crippen molar-refractivity contribution in [2.24, 2.45) is 5.92 Å². The van der Waals surface area contributed by atoms with E-state index in [9.17, 15) is 4.79 Å². The van der Waals surface area contributed by atoms with E-state index in [1.165, 1.54) is 38.5 Å². The van der Waals surface area contributed by atoms with E-state index in [1.807, 2.05) is 31.2 Å². The molecule has 1 atom stereocenters. The van der Waals surface area contributed by atoms with E-state index in [0.717, 1.165) is 17.2 Å². The van der Waals surface area contributed by atoms with Crippen LogP contribution >= 0.6 is 0 Å². The zero-order valence-electron chi connectivity index (χ0n) is 13.3. The van der Waals surface area contributed by atoms with Crippen LogP contribution in [0.4, 0.5) is 5.69 Å². The van der Waals surface area contributed by atoms with Crippen molar-refractivity contribution in [1.29, 1.82) is 0 Å². The Morgan fingerprint density at radius 3 is 2.52 bits per heavy atom. The van der Waals surface area contributed by atoms with Gasteiger partial charge in [0.25, 0.3) is 0 Å². The molecular weight excluding hydrogens is 260 g/mol. The van der Waals surface area contributed by atoms with Crippen molar-refractivity contribution in [3.05, 3.63) is 29.8 Å². The second-order valence-electron chi connectivity index (χ2n) is 6.28. The van der Waals surface area contributed by atoms with Crippen LogP contribution in [0.1, 0.15) is 51.0 Å². The lowest BCUT2D eigenvalue weighted by Crippen LogP contribution is -2.38.